The first-order valence-electron chi connectivity index (χ1n) is 6.18. The highest BCUT2D eigenvalue weighted by Gasteiger charge is 2.23. The largest absolute Gasteiger partial charge is 0.507 e. The number of aliphatic hydroxyl groups excluding tert-OH is 1. The van der Waals surface area contributed by atoms with Crippen LogP contribution in [0.1, 0.15) is 11.6 Å². The molecule has 2 rings (SSSR count). The van der Waals surface area contributed by atoms with Crippen LogP contribution in [0.4, 0.5) is 0 Å². The number of methoxy groups -OCH3 is 1. The predicted molar refractivity (Wildman–Crippen MR) is 68.9 cm³/mol. The lowest BCUT2D eigenvalue weighted by Crippen LogP contribution is -2.46. The van der Waals surface area contributed by atoms with Crippen molar-refractivity contribution in [2.75, 3.05) is 39.9 Å². The Morgan fingerprint density at radius 2 is 2.11 bits per heavy atom. The Morgan fingerprint density at radius 1 is 1.39 bits per heavy atom. The van der Waals surface area contributed by atoms with Crippen molar-refractivity contribution < 1.29 is 14.9 Å². The van der Waals surface area contributed by atoms with Gasteiger partial charge < -0.3 is 20.3 Å². The monoisotopic (exact) mass is 252 g/mol. The predicted octanol–water partition coefficient (Wildman–Crippen LogP) is 0.339. The van der Waals surface area contributed by atoms with Crippen LogP contribution in [0.2, 0.25) is 0 Å². The SMILES string of the molecule is COc1ccc([C@H](CO)N2CCNCC2)c(O)c1. The Labute approximate surface area is 107 Å². The number of benzene rings is 1. The minimum absolute atomic E-state index is 0.000110. The zero-order chi connectivity index (χ0) is 13.0. The number of hydrogen-bond acceptors (Lipinski definition) is 5. The van der Waals surface area contributed by atoms with E-state index in [1.165, 1.54) is 0 Å². The molecule has 1 fully saturated rings. The van der Waals surface area contributed by atoms with Crippen LogP contribution >= 0.6 is 0 Å². The van der Waals surface area contributed by atoms with E-state index >= 15 is 0 Å². The average Bonchev–Trinajstić information content (AvgIpc) is 2.42. The van der Waals surface area contributed by atoms with Crippen molar-refractivity contribution in [2.24, 2.45) is 0 Å². The molecule has 1 saturated heterocycles. The molecule has 0 bridgehead atoms. The molecule has 0 aliphatic carbocycles. The third kappa shape index (κ3) is 2.75. The van der Waals surface area contributed by atoms with Gasteiger partial charge in [-0.25, -0.2) is 0 Å². The van der Waals surface area contributed by atoms with Gasteiger partial charge in [0.2, 0.25) is 0 Å². The fourth-order valence-corrected chi connectivity index (χ4v) is 2.34. The summed E-state index contributed by atoms with van der Waals surface area (Å²) < 4.78 is 5.06. The van der Waals surface area contributed by atoms with Crippen molar-refractivity contribution in [1.29, 1.82) is 0 Å². The van der Waals surface area contributed by atoms with Gasteiger partial charge in [0, 0.05) is 37.8 Å². The molecule has 1 aliphatic heterocycles. The summed E-state index contributed by atoms with van der Waals surface area (Å²) in [6.45, 7) is 3.56. The van der Waals surface area contributed by atoms with E-state index in [1.54, 1.807) is 19.2 Å². The average molecular weight is 252 g/mol. The molecule has 0 aromatic heterocycles. The van der Waals surface area contributed by atoms with Gasteiger partial charge in [-0.2, -0.15) is 0 Å². The van der Waals surface area contributed by atoms with E-state index in [0.29, 0.717) is 5.75 Å². The van der Waals surface area contributed by atoms with Crippen LogP contribution in [-0.2, 0) is 0 Å². The normalized spacial score (nSPS) is 18.6. The molecule has 5 nitrogen and oxygen atoms in total. The van der Waals surface area contributed by atoms with E-state index in [0.717, 1.165) is 31.7 Å². The Morgan fingerprint density at radius 3 is 2.67 bits per heavy atom. The first kappa shape index (κ1) is 13.1. The van der Waals surface area contributed by atoms with Gasteiger partial charge in [0.1, 0.15) is 11.5 Å². The van der Waals surface area contributed by atoms with Gasteiger partial charge in [0.25, 0.3) is 0 Å². The number of nitrogens with one attached hydrogen (secondary N) is 1. The molecule has 0 spiro atoms. The molecular formula is C13H20N2O3. The Kier molecular flexibility index (Phi) is 4.41. The van der Waals surface area contributed by atoms with E-state index in [9.17, 15) is 10.2 Å². The number of phenolic OH excluding ortho intramolecular Hbond substituents is 1. The van der Waals surface area contributed by atoms with Crippen molar-refractivity contribution in [2.45, 2.75) is 6.04 Å². The summed E-state index contributed by atoms with van der Waals surface area (Å²) in [6, 6.07) is 5.05. The van der Waals surface area contributed by atoms with Gasteiger partial charge in [-0.1, -0.05) is 0 Å². The van der Waals surface area contributed by atoms with Crippen LogP contribution in [0.3, 0.4) is 0 Å². The van der Waals surface area contributed by atoms with Crippen molar-refractivity contribution in [1.82, 2.24) is 10.2 Å². The molecule has 0 saturated carbocycles. The summed E-state index contributed by atoms with van der Waals surface area (Å²) in [6.07, 6.45) is 0. The van der Waals surface area contributed by atoms with Gasteiger partial charge in [-0.15, -0.1) is 0 Å². The highest BCUT2D eigenvalue weighted by atomic mass is 16.5. The first-order valence-corrected chi connectivity index (χ1v) is 6.18. The molecule has 5 heteroatoms. The van der Waals surface area contributed by atoms with Crippen molar-refractivity contribution in [3.05, 3.63) is 23.8 Å². The third-order valence-electron chi connectivity index (χ3n) is 3.36. The highest BCUT2D eigenvalue weighted by Crippen LogP contribution is 2.31. The molecule has 1 heterocycles. The van der Waals surface area contributed by atoms with Crippen molar-refractivity contribution >= 4 is 0 Å². The number of ether oxygens (including phenoxy) is 1. The van der Waals surface area contributed by atoms with Gasteiger partial charge in [0.15, 0.2) is 0 Å². The van der Waals surface area contributed by atoms with Crippen LogP contribution in [0.15, 0.2) is 18.2 Å². The smallest absolute Gasteiger partial charge is 0.124 e. The number of piperazine rings is 1. The summed E-state index contributed by atoms with van der Waals surface area (Å²) in [5, 5.41) is 22.9. The second-order valence-corrected chi connectivity index (χ2v) is 4.41. The quantitative estimate of drug-likeness (QED) is 0.721. The first-order chi connectivity index (χ1) is 8.76. The summed E-state index contributed by atoms with van der Waals surface area (Å²) in [4.78, 5) is 2.18. The van der Waals surface area contributed by atoms with Gasteiger partial charge in [0.05, 0.1) is 19.8 Å². The summed E-state index contributed by atoms with van der Waals surface area (Å²) >= 11 is 0. The van der Waals surface area contributed by atoms with Crippen LogP contribution in [-0.4, -0.2) is 55.0 Å². The van der Waals surface area contributed by atoms with Crippen LogP contribution in [0, 0.1) is 0 Å². The second-order valence-electron chi connectivity index (χ2n) is 4.41. The van der Waals surface area contributed by atoms with E-state index in [4.69, 9.17) is 4.74 Å². The lowest BCUT2D eigenvalue weighted by atomic mass is 10.0. The van der Waals surface area contributed by atoms with Gasteiger partial charge >= 0.3 is 0 Å². The maximum atomic E-state index is 10.0. The fourth-order valence-electron chi connectivity index (χ4n) is 2.34. The molecule has 18 heavy (non-hydrogen) atoms. The molecule has 1 atom stereocenters. The lowest BCUT2D eigenvalue weighted by Gasteiger charge is -2.34. The number of nitrogens with zero attached hydrogens (tertiary/aromatic N) is 1. The summed E-state index contributed by atoms with van der Waals surface area (Å²) in [5.41, 5.74) is 0.750. The van der Waals surface area contributed by atoms with E-state index in [1.807, 2.05) is 6.07 Å². The van der Waals surface area contributed by atoms with E-state index < -0.39 is 0 Å². The maximum Gasteiger partial charge on any atom is 0.124 e. The number of aromatic hydroxyl groups is 1. The zero-order valence-corrected chi connectivity index (χ0v) is 10.6. The second kappa shape index (κ2) is 6.04. The number of hydrogen-bond donors (Lipinski definition) is 3. The molecule has 1 aromatic rings. The number of aliphatic hydroxyl groups is 1. The molecule has 100 valence electrons. The fraction of sp³-hybridized carbons (Fsp3) is 0.538. The van der Waals surface area contributed by atoms with Crippen LogP contribution in [0.25, 0.3) is 0 Å². The minimum atomic E-state index is -0.155. The van der Waals surface area contributed by atoms with Gasteiger partial charge in [-0.05, 0) is 12.1 Å². The van der Waals surface area contributed by atoms with E-state index in [2.05, 4.69) is 10.2 Å². The van der Waals surface area contributed by atoms with Crippen LogP contribution < -0.4 is 10.1 Å². The zero-order valence-electron chi connectivity index (χ0n) is 10.6. The molecule has 1 aromatic carbocycles. The Bertz CT molecular complexity index is 392. The Balaban J connectivity index is 2.20. The third-order valence-corrected chi connectivity index (χ3v) is 3.36. The topological polar surface area (TPSA) is 65.0 Å². The van der Waals surface area contributed by atoms with E-state index in [-0.39, 0.29) is 18.4 Å². The van der Waals surface area contributed by atoms with Crippen molar-refractivity contribution in [3.8, 4) is 11.5 Å². The summed E-state index contributed by atoms with van der Waals surface area (Å²) in [7, 11) is 1.56. The number of phenols is 1. The Hall–Kier alpha value is -1.30. The molecule has 0 radical (unpaired) electrons. The molecule has 3 N–H and O–H groups in total. The molecular weight excluding hydrogens is 232 g/mol. The number of rotatable bonds is 4. The molecule has 0 unspecified atom stereocenters. The minimum Gasteiger partial charge on any atom is -0.507 e. The molecule has 0 amide bonds. The standard InChI is InChI=1S/C13H20N2O3/c1-18-10-2-3-11(13(17)8-10)12(9-16)15-6-4-14-5-7-15/h2-3,8,12,14,16-17H,4-7,9H2,1H3/t12-/m0/s1. The molecule has 1 aliphatic rings. The van der Waals surface area contributed by atoms with Crippen LogP contribution in [0.5, 0.6) is 11.5 Å². The highest BCUT2D eigenvalue weighted by molar-refractivity contribution is 5.41. The van der Waals surface area contributed by atoms with Gasteiger partial charge in [-0.3, -0.25) is 4.90 Å². The summed E-state index contributed by atoms with van der Waals surface area (Å²) in [5.74, 6) is 0.792. The lowest BCUT2D eigenvalue weighted by molar-refractivity contribution is 0.109. The maximum absolute atomic E-state index is 10.0. The van der Waals surface area contributed by atoms with Crippen molar-refractivity contribution in [3.63, 3.8) is 0 Å².